The van der Waals surface area contributed by atoms with Crippen molar-refractivity contribution in [2.24, 2.45) is 0 Å². The molecule has 1 fully saturated rings. The van der Waals surface area contributed by atoms with Gasteiger partial charge < -0.3 is 20.3 Å². The number of carbonyl (C=O) groups is 2. The summed E-state index contributed by atoms with van der Waals surface area (Å²) in [6.45, 7) is 5.31. The predicted octanol–water partition coefficient (Wildman–Crippen LogP) is 2.44. The minimum Gasteiger partial charge on any atom is -0.379 e. The fourth-order valence-corrected chi connectivity index (χ4v) is 3.62. The van der Waals surface area contributed by atoms with Crippen LogP contribution < -0.4 is 15.5 Å². The fraction of sp³-hybridized carbons (Fsp3) is 0.417. The van der Waals surface area contributed by atoms with Gasteiger partial charge in [-0.25, -0.2) is 0 Å². The van der Waals surface area contributed by atoms with Gasteiger partial charge in [0.05, 0.1) is 19.3 Å². The second kappa shape index (κ2) is 10.9. The Morgan fingerprint density at radius 1 is 1.00 bits per heavy atom. The highest BCUT2D eigenvalue weighted by Gasteiger charge is 2.24. The van der Waals surface area contributed by atoms with Crippen molar-refractivity contribution in [3.05, 3.63) is 59.7 Å². The molecule has 166 valence electrons. The molecule has 1 unspecified atom stereocenters. The van der Waals surface area contributed by atoms with E-state index < -0.39 is 11.8 Å². The molecule has 0 radical (unpaired) electrons. The highest BCUT2D eigenvalue weighted by atomic mass is 16.5. The summed E-state index contributed by atoms with van der Waals surface area (Å²) in [5.74, 6) is -1.30. The molecule has 7 nitrogen and oxygen atoms in total. The van der Waals surface area contributed by atoms with Crippen LogP contribution in [0.4, 0.5) is 11.4 Å². The maximum absolute atomic E-state index is 12.5. The summed E-state index contributed by atoms with van der Waals surface area (Å²) in [5.41, 5.74) is 4.00. The van der Waals surface area contributed by atoms with E-state index in [-0.39, 0.29) is 6.04 Å². The second-order valence-electron chi connectivity index (χ2n) is 7.86. The standard InChI is InChI=1S/C24H32N4O3/c1-4-18-5-9-20(10-6-18)26-24(30)23(29)25-17-22(28-13-15-31-16-14-28)19-7-11-21(12-8-19)27(2)3/h5-12,22H,4,13-17H2,1-3H3,(H,25,29)(H,26,30). The van der Waals surface area contributed by atoms with Gasteiger partial charge in [-0.2, -0.15) is 0 Å². The molecule has 2 N–H and O–H groups in total. The number of aryl methyl sites for hydroxylation is 1. The first-order valence-corrected chi connectivity index (χ1v) is 10.7. The van der Waals surface area contributed by atoms with E-state index in [0.717, 1.165) is 30.8 Å². The van der Waals surface area contributed by atoms with Gasteiger partial charge in [-0.3, -0.25) is 14.5 Å². The van der Waals surface area contributed by atoms with Gasteiger partial charge in [0.2, 0.25) is 0 Å². The minimum absolute atomic E-state index is 0.0271. The van der Waals surface area contributed by atoms with E-state index in [1.165, 1.54) is 5.56 Å². The largest absolute Gasteiger partial charge is 0.379 e. The Morgan fingerprint density at radius 2 is 1.65 bits per heavy atom. The maximum Gasteiger partial charge on any atom is 0.313 e. The number of hydrogen-bond donors (Lipinski definition) is 2. The van der Waals surface area contributed by atoms with Crippen LogP contribution >= 0.6 is 0 Å². The lowest BCUT2D eigenvalue weighted by atomic mass is 10.0. The minimum atomic E-state index is -0.659. The van der Waals surface area contributed by atoms with E-state index >= 15 is 0 Å². The van der Waals surface area contributed by atoms with Crippen molar-refractivity contribution in [3.8, 4) is 0 Å². The van der Waals surface area contributed by atoms with E-state index in [0.29, 0.717) is 25.4 Å². The van der Waals surface area contributed by atoms with E-state index in [9.17, 15) is 9.59 Å². The van der Waals surface area contributed by atoms with Crippen LogP contribution in [0.5, 0.6) is 0 Å². The highest BCUT2D eigenvalue weighted by Crippen LogP contribution is 2.24. The van der Waals surface area contributed by atoms with E-state index in [1.807, 2.05) is 43.3 Å². The number of morpholine rings is 1. The highest BCUT2D eigenvalue weighted by molar-refractivity contribution is 6.39. The Hall–Kier alpha value is -2.90. The molecule has 1 heterocycles. The average Bonchev–Trinajstić information content (AvgIpc) is 2.80. The summed E-state index contributed by atoms with van der Waals surface area (Å²) in [5, 5.41) is 5.48. The SMILES string of the molecule is CCc1ccc(NC(=O)C(=O)NCC(c2ccc(N(C)C)cc2)N2CCOCC2)cc1. The summed E-state index contributed by atoms with van der Waals surface area (Å²) in [6.07, 6.45) is 0.924. The topological polar surface area (TPSA) is 73.9 Å². The van der Waals surface area contributed by atoms with E-state index in [4.69, 9.17) is 4.74 Å². The monoisotopic (exact) mass is 424 g/mol. The lowest BCUT2D eigenvalue weighted by Gasteiger charge is -2.35. The van der Waals surface area contributed by atoms with Gasteiger partial charge in [0.1, 0.15) is 0 Å². The molecular weight excluding hydrogens is 392 g/mol. The number of ether oxygens (including phenoxy) is 1. The molecule has 1 aliphatic heterocycles. The number of nitrogens with one attached hydrogen (secondary N) is 2. The Kier molecular flexibility index (Phi) is 8.03. The number of rotatable bonds is 7. The summed E-state index contributed by atoms with van der Waals surface area (Å²) >= 11 is 0. The van der Waals surface area contributed by atoms with Crippen LogP contribution in [-0.4, -0.2) is 63.7 Å². The van der Waals surface area contributed by atoms with Crippen LogP contribution in [-0.2, 0) is 20.7 Å². The number of anilines is 2. The molecule has 0 spiro atoms. The third-order valence-corrected chi connectivity index (χ3v) is 5.56. The Labute approximate surface area is 184 Å². The van der Waals surface area contributed by atoms with Gasteiger partial charge in [-0.05, 0) is 41.8 Å². The molecule has 2 amide bonds. The lowest BCUT2D eigenvalue weighted by Crippen LogP contribution is -2.45. The molecule has 3 rings (SSSR count). The summed E-state index contributed by atoms with van der Waals surface area (Å²) in [7, 11) is 4.01. The molecule has 0 saturated carbocycles. The molecule has 7 heteroatoms. The van der Waals surface area contributed by atoms with E-state index in [2.05, 4.69) is 46.7 Å². The van der Waals surface area contributed by atoms with Gasteiger partial charge >= 0.3 is 11.8 Å². The number of amides is 2. The molecule has 0 aromatic heterocycles. The quantitative estimate of drug-likeness (QED) is 0.668. The number of benzene rings is 2. The van der Waals surface area contributed by atoms with Crippen LogP contribution in [0, 0.1) is 0 Å². The first-order chi connectivity index (χ1) is 15.0. The maximum atomic E-state index is 12.5. The van der Waals surface area contributed by atoms with E-state index in [1.54, 1.807) is 0 Å². The molecule has 0 bridgehead atoms. The average molecular weight is 425 g/mol. The first-order valence-electron chi connectivity index (χ1n) is 10.7. The number of carbonyl (C=O) groups excluding carboxylic acids is 2. The van der Waals surface area contributed by atoms with Crippen molar-refractivity contribution in [1.29, 1.82) is 0 Å². The number of nitrogens with zero attached hydrogens (tertiary/aromatic N) is 2. The van der Waals surface area contributed by atoms with Crippen LogP contribution in [0.15, 0.2) is 48.5 Å². The van der Waals surface area contributed by atoms with Crippen LogP contribution in [0.3, 0.4) is 0 Å². The van der Waals surface area contributed by atoms with Gasteiger partial charge in [0.25, 0.3) is 0 Å². The van der Waals surface area contributed by atoms with Gasteiger partial charge in [-0.15, -0.1) is 0 Å². The Bertz CT molecular complexity index is 859. The number of hydrogen-bond acceptors (Lipinski definition) is 5. The zero-order valence-electron chi connectivity index (χ0n) is 18.6. The summed E-state index contributed by atoms with van der Waals surface area (Å²) < 4.78 is 5.48. The van der Waals surface area contributed by atoms with Crippen molar-refractivity contribution in [2.45, 2.75) is 19.4 Å². The predicted molar refractivity (Wildman–Crippen MR) is 123 cm³/mol. The molecular formula is C24H32N4O3. The van der Waals surface area contributed by atoms with Crippen LogP contribution in [0.1, 0.15) is 24.1 Å². The van der Waals surface area contributed by atoms with Crippen molar-refractivity contribution >= 4 is 23.2 Å². The summed E-state index contributed by atoms with van der Waals surface area (Å²) in [6, 6.07) is 15.8. The zero-order valence-corrected chi connectivity index (χ0v) is 18.6. The molecule has 2 aromatic carbocycles. The van der Waals surface area contributed by atoms with Gasteiger partial charge in [-0.1, -0.05) is 31.2 Å². The smallest absolute Gasteiger partial charge is 0.313 e. The zero-order chi connectivity index (χ0) is 22.2. The lowest BCUT2D eigenvalue weighted by molar-refractivity contribution is -0.136. The van der Waals surface area contributed by atoms with Crippen LogP contribution in [0.2, 0.25) is 0 Å². The fourth-order valence-electron chi connectivity index (χ4n) is 3.62. The molecule has 1 atom stereocenters. The summed E-state index contributed by atoms with van der Waals surface area (Å²) in [4.78, 5) is 29.1. The molecule has 0 aliphatic carbocycles. The first kappa shape index (κ1) is 22.8. The third-order valence-electron chi connectivity index (χ3n) is 5.56. The van der Waals surface area contributed by atoms with Crippen LogP contribution in [0.25, 0.3) is 0 Å². The van der Waals surface area contributed by atoms with Crippen molar-refractivity contribution in [2.75, 3.05) is 57.2 Å². The Morgan fingerprint density at radius 3 is 2.23 bits per heavy atom. The van der Waals surface area contributed by atoms with Gasteiger partial charge in [0, 0.05) is 45.1 Å². The normalized spacial score (nSPS) is 15.2. The second-order valence-corrected chi connectivity index (χ2v) is 7.86. The Balaban J connectivity index is 1.64. The van der Waals surface area contributed by atoms with Crippen molar-refractivity contribution < 1.29 is 14.3 Å². The molecule has 2 aromatic rings. The van der Waals surface area contributed by atoms with Crippen molar-refractivity contribution in [3.63, 3.8) is 0 Å². The molecule has 31 heavy (non-hydrogen) atoms. The molecule has 1 saturated heterocycles. The van der Waals surface area contributed by atoms with Gasteiger partial charge in [0.15, 0.2) is 0 Å². The van der Waals surface area contributed by atoms with Crippen molar-refractivity contribution in [1.82, 2.24) is 10.2 Å². The molecule has 1 aliphatic rings. The third kappa shape index (κ3) is 6.29.